The first-order valence-electron chi connectivity index (χ1n) is 9.15. The number of hydrogen-bond acceptors (Lipinski definition) is 5. The highest BCUT2D eigenvalue weighted by atomic mass is 16.5. The third-order valence-electron chi connectivity index (χ3n) is 4.57. The zero-order chi connectivity index (χ0) is 19.2. The summed E-state index contributed by atoms with van der Waals surface area (Å²) in [5, 5.41) is 0. The molecule has 1 aliphatic rings. The molecule has 0 aliphatic carbocycles. The molecule has 0 spiro atoms. The Balaban J connectivity index is 1.50. The second-order valence-electron chi connectivity index (χ2n) is 6.79. The summed E-state index contributed by atoms with van der Waals surface area (Å²) >= 11 is 0. The summed E-state index contributed by atoms with van der Waals surface area (Å²) in [5.41, 5.74) is 2.92. The molecule has 5 heteroatoms. The maximum absolute atomic E-state index is 12.3. The van der Waals surface area contributed by atoms with E-state index in [9.17, 15) is 9.59 Å². The Hall–Kier alpha value is -2.66. The molecule has 1 aliphatic heterocycles. The van der Waals surface area contributed by atoms with Crippen LogP contribution in [0.15, 0.2) is 42.5 Å². The number of carbonyl (C=O) groups excluding carboxylic acids is 2. The van der Waals surface area contributed by atoms with E-state index < -0.39 is 5.97 Å². The predicted octanol–water partition coefficient (Wildman–Crippen LogP) is 3.90. The second kappa shape index (κ2) is 8.82. The molecule has 2 aromatic carbocycles. The molecule has 1 unspecified atom stereocenters. The van der Waals surface area contributed by atoms with Crippen LogP contribution in [0.25, 0.3) is 0 Å². The number of hydrogen-bond donors (Lipinski definition) is 0. The molecule has 0 amide bonds. The van der Waals surface area contributed by atoms with Gasteiger partial charge in [-0.3, -0.25) is 4.79 Å². The Bertz CT molecular complexity index is 804. The van der Waals surface area contributed by atoms with Gasteiger partial charge in [0.25, 0.3) is 0 Å². The number of aryl methyl sites for hydroxylation is 2. The summed E-state index contributed by atoms with van der Waals surface area (Å²) in [5.74, 6) is -0.0652. The highest BCUT2D eigenvalue weighted by Crippen LogP contribution is 2.17. The van der Waals surface area contributed by atoms with Gasteiger partial charge in [-0.1, -0.05) is 23.8 Å². The van der Waals surface area contributed by atoms with Gasteiger partial charge in [0.05, 0.1) is 11.7 Å². The average Bonchev–Trinajstić information content (AvgIpc) is 3.18. The molecular formula is C22H24O5. The van der Waals surface area contributed by atoms with Gasteiger partial charge in [0.2, 0.25) is 5.78 Å². The van der Waals surface area contributed by atoms with Crippen molar-refractivity contribution in [2.75, 3.05) is 19.8 Å². The van der Waals surface area contributed by atoms with E-state index in [2.05, 4.69) is 0 Å². The van der Waals surface area contributed by atoms with E-state index in [0.717, 1.165) is 30.6 Å². The van der Waals surface area contributed by atoms with E-state index in [-0.39, 0.29) is 18.5 Å². The van der Waals surface area contributed by atoms with E-state index in [1.165, 1.54) is 0 Å². The zero-order valence-corrected chi connectivity index (χ0v) is 15.7. The molecule has 1 fully saturated rings. The van der Waals surface area contributed by atoms with Gasteiger partial charge < -0.3 is 14.2 Å². The van der Waals surface area contributed by atoms with E-state index in [4.69, 9.17) is 14.2 Å². The first-order chi connectivity index (χ1) is 13.0. The van der Waals surface area contributed by atoms with Crippen molar-refractivity contribution in [1.82, 2.24) is 0 Å². The van der Waals surface area contributed by atoms with Crippen molar-refractivity contribution in [2.24, 2.45) is 0 Å². The fourth-order valence-electron chi connectivity index (χ4n) is 3.07. The number of ether oxygens (including phenoxy) is 3. The number of benzene rings is 2. The van der Waals surface area contributed by atoms with Crippen molar-refractivity contribution in [3.63, 3.8) is 0 Å². The SMILES string of the molecule is Cc1ccc(C(=O)COC(=O)c2ccc(OCC3CCCO3)cc2)c(C)c1. The van der Waals surface area contributed by atoms with E-state index in [1.54, 1.807) is 30.3 Å². The maximum Gasteiger partial charge on any atom is 0.338 e. The van der Waals surface area contributed by atoms with Crippen LogP contribution in [0, 0.1) is 13.8 Å². The summed E-state index contributed by atoms with van der Waals surface area (Å²) in [6.07, 6.45) is 2.23. The lowest BCUT2D eigenvalue weighted by Gasteiger charge is -2.11. The van der Waals surface area contributed by atoms with Crippen LogP contribution in [0.4, 0.5) is 0 Å². The molecule has 1 saturated heterocycles. The van der Waals surface area contributed by atoms with Gasteiger partial charge in [-0.2, -0.15) is 0 Å². The van der Waals surface area contributed by atoms with Crippen LogP contribution < -0.4 is 4.74 Å². The van der Waals surface area contributed by atoms with Crippen LogP contribution in [0.2, 0.25) is 0 Å². The molecular weight excluding hydrogens is 344 g/mol. The van der Waals surface area contributed by atoms with Gasteiger partial charge in [0.15, 0.2) is 6.61 Å². The van der Waals surface area contributed by atoms with Crippen molar-refractivity contribution >= 4 is 11.8 Å². The fraction of sp³-hybridized carbons (Fsp3) is 0.364. The molecule has 0 aromatic heterocycles. The van der Waals surface area contributed by atoms with Gasteiger partial charge in [-0.25, -0.2) is 4.79 Å². The molecule has 0 bridgehead atoms. The summed E-state index contributed by atoms with van der Waals surface area (Å²) in [7, 11) is 0. The normalized spacial score (nSPS) is 16.1. The van der Waals surface area contributed by atoms with Gasteiger partial charge in [-0.15, -0.1) is 0 Å². The largest absolute Gasteiger partial charge is 0.491 e. The quantitative estimate of drug-likeness (QED) is 0.548. The molecule has 0 saturated carbocycles. The predicted molar refractivity (Wildman–Crippen MR) is 101 cm³/mol. The lowest BCUT2D eigenvalue weighted by Crippen LogP contribution is -2.16. The minimum atomic E-state index is -0.529. The van der Waals surface area contributed by atoms with Gasteiger partial charge in [0, 0.05) is 12.2 Å². The summed E-state index contributed by atoms with van der Waals surface area (Å²) < 4.78 is 16.3. The summed E-state index contributed by atoms with van der Waals surface area (Å²) in [6.45, 7) is 4.86. The molecule has 0 radical (unpaired) electrons. The third-order valence-corrected chi connectivity index (χ3v) is 4.57. The van der Waals surface area contributed by atoms with Crippen molar-refractivity contribution < 1.29 is 23.8 Å². The van der Waals surface area contributed by atoms with Gasteiger partial charge >= 0.3 is 5.97 Å². The monoisotopic (exact) mass is 368 g/mol. The smallest absolute Gasteiger partial charge is 0.338 e. The van der Waals surface area contributed by atoms with E-state index in [0.29, 0.717) is 23.5 Å². The molecule has 1 heterocycles. The van der Waals surface area contributed by atoms with E-state index >= 15 is 0 Å². The van der Waals surface area contributed by atoms with Gasteiger partial charge in [0.1, 0.15) is 12.4 Å². The molecule has 1 atom stereocenters. The standard InChI is InChI=1S/C22H24O5/c1-15-5-10-20(16(2)12-15)21(23)14-27-22(24)17-6-8-18(9-7-17)26-13-19-4-3-11-25-19/h5-10,12,19H,3-4,11,13-14H2,1-2H3. The highest BCUT2D eigenvalue weighted by molar-refractivity contribution is 6.00. The van der Waals surface area contributed by atoms with Crippen LogP contribution in [-0.2, 0) is 9.47 Å². The molecule has 5 nitrogen and oxygen atoms in total. The third kappa shape index (κ3) is 5.17. The fourth-order valence-corrected chi connectivity index (χ4v) is 3.07. The Labute approximate surface area is 159 Å². The van der Waals surface area contributed by atoms with Crippen LogP contribution in [0.3, 0.4) is 0 Å². The van der Waals surface area contributed by atoms with Crippen molar-refractivity contribution in [3.05, 3.63) is 64.7 Å². The lowest BCUT2D eigenvalue weighted by molar-refractivity contribution is 0.0474. The number of rotatable bonds is 7. The van der Waals surface area contributed by atoms with Crippen LogP contribution in [-0.4, -0.2) is 37.7 Å². The molecule has 142 valence electrons. The first-order valence-corrected chi connectivity index (χ1v) is 9.15. The van der Waals surface area contributed by atoms with Crippen LogP contribution in [0.1, 0.15) is 44.7 Å². The summed E-state index contributed by atoms with van der Waals surface area (Å²) in [4.78, 5) is 24.4. The van der Waals surface area contributed by atoms with Gasteiger partial charge in [-0.05, 0) is 56.5 Å². The Morgan fingerprint density at radius 2 is 1.89 bits per heavy atom. The molecule has 3 rings (SSSR count). The minimum absolute atomic E-state index is 0.144. The molecule has 2 aromatic rings. The molecule has 27 heavy (non-hydrogen) atoms. The minimum Gasteiger partial charge on any atom is -0.491 e. The number of carbonyl (C=O) groups is 2. The number of ketones is 1. The lowest BCUT2D eigenvalue weighted by atomic mass is 10.0. The van der Waals surface area contributed by atoms with E-state index in [1.807, 2.05) is 26.0 Å². The zero-order valence-electron chi connectivity index (χ0n) is 15.7. The number of Topliss-reactive ketones (excluding diaryl/α,β-unsaturated/α-hetero) is 1. The van der Waals surface area contributed by atoms with Crippen molar-refractivity contribution in [2.45, 2.75) is 32.8 Å². The Morgan fingerprint density at radius 1 is 1.11 bits per heavy atom. The van der Waals surface area contributed by atoms with Crippen LogP contribution in [0.5, 0.6) is 5.75 Å². The topological polar surface area (TPSA) is 61.8 Å². The Morgan fingerprint density at radius 3 is 2.56 bits per heavy atom. The highest BCUT2D eigenvalue weighted by Gasteiger charge is 2.17. The Kier molecular flexibility index (Phi) is 6.24. The van der Waals surface area contributed by atoms with Crippen molar-refractivity contribution in [1.29, 1.82) is 0 Å². The summed E-state index contributed by atoms with van der Waals surface area (Å²) in [6, 6.07) is 12.3. The van der Waals surface area contributed by atoms with Crippen molar-refractivity contribution in [3.8, 4) is 5.75 Å². The average molecular weight is 368 g/mol. The second-order valence-corrected chi connectivity index (χ2v) is 6.79. The maximum atomic E-state index is 12.3. The van der Waals surface area contributed by atoms with Crippen LogP contribution >= 0.6 is 0 Å². The molecule has 0 N–H and O–H groups in total. The first kappa shape index (κ1) is 19.1. The number of esters is 1.